The lowest BCUT2D eigenvalue weighted by Gasteiger charge is -2.51. The standard InChI is InChI=1S/C33H31N5O6S3/c39-45(26-14-6-2-7-15-26)44-33(31-36-19-20-37-31)28(24-11-10-18-34-23-24)29(47(41,42)27-16-8-3-9-17-27)30-35-21-22-38(30)32(33)46(40)43-25-12-4-1-5-13-25/h1-18,23,28,32,35H,19-22H2,(H,36,37). The highest BCUT2D eigenvalue weighted by atomic mass is 32.2. The quantitative estimate of drug-likeness (QED) is 0.255. The van der Waals surface area contributed by atoms with E-state index in [-0.39, 0.29) is 28.0 Å². The number of nitrogens with zero attached hydrogens (tertiary/aromatic N) is 3. The molecule has 0 spiro atoms. The van der Waals surface area contributed by atoms with Crippen molar-refractivity contribution >= 4 is 37.8 Å². The van der Waals surface area contributed by atoms with Gasteiger partial charge in [0.25, 0.3) is 0 Å². The number of hydrogen-bond acceptors (Lipinski definition) is 11. The third kappa shape index (κ3) is 5.64. The normalized spacial score (nSPS) is 23.7. The predicted molar refractivity (Wildman–Crippen MR) is 178 cm³/mol. The second-order valence-corrected chi connectivity index (χ2v) is 15.1. The first-order chi connectivity index (χ1) is 22.9. The molecule has 0 bridgehead atoms. The van der Waals surface area contributed by atoms with E-state index >= 15 is 0 Å². The largest absolute Gasteiger partial charge is 0.399 e. The fraction of sp³-hybridized carbons (Fsp3) is 0.212. The Morgan fingerprint density at radius 1 is 0.851 bits per heavy atom. The molecular weight excluding hydrogens is 659 g/mol. The molecule has 4 heterocycles. The smallest absolute Gasteiger partial charge is 0.233 e. The second kappa shape index (κ2) is 13.0. The number of sulfone groups is 1. The van der Waals surface area contributed by atoms with E-state index in [1.807, 2.05) is 6.07 Å². The fourth-order valence-corrected chi connectivity index (χ4v) is 10.5. The number of aromatic nitrogens is 1. The van der Waals surface area contributed by atoms with Crippen LogP contribution in [0.3, 0.4) is 0 Å². The second-order valence-electron chi connectivity index (χ2n) is 11.0. The molecule has 5 unspecified atom stereocenters. The molecule has 0 amide bonds. The number of para-hydroxylation sites is 1. The molecule has 0 aliphatic carbocycles. The monoisotopic (exact) mass is 689 g/mol. The van der Waals surface area contributed by atoms with Crippen molar-refractivity contribution in [3.8, 4) is 5.75 Å². The summed E-state index contributed by atoms with van der Waals surface area (Å²) in [6, 6.07) is 28.8. The lowest BCUT2D eigenvalue weighted by Crippen LogP contribution is -2.69. The van der Waals surface area contributed by atoms with Gasteiger partial charge in [0.1, 0.15) is 22.3 Å². The van der Waals surface area contributed by atoms with Gasteiger partial charge in [-0.3, -0.25) is 14.2 Å². The summed E-state index contributed by atoms with van der Waals surface area (Å²) in [6.45, 7) is 1.35. The van der Waals surface area contributed by atoms with E-state index in [1.54, 1.807) is 102 Å². The Labute approximate surface area is 278 Å². The van der Waals surface area contributed by atoms with Crippen LogP contribution in [-0.2, 0) is 36.2 Å². The fourth-order valence-electron chi connectivity index (χ4n) is 6.24. The summed E-state index contributed by atoms with van der Waals surface area (Å²) in [5.74, 6) is -0.412. The molecule has 47 heavy (non-hydrogen) atoms. The van der Waals surface area contributed by atoms with Crippen LogP contribution in [0.15, 0.2) is 141 Å². The summed E-state index contributed by atoms with van der Waals surface area (Å²) in [6.07, 6.45) is 3.13. The zero-order chi connectivity index (χ0) is 32.4. The van der Waals surface area contributed by atoms with Crippen LogP contribution in [0, 0.1) is 0 Å². The number of fused-ring (bicyclic) bond motifs is 1. The van der Waals surface area contributed by atoms with Gasteiger partial charge in [0.15, 0.2) is 22.1 Å². The molecule has 1 saturated heterocycles. The van der Waals surface area contributed by atoms with Crippen LogP contribution in [0.25, 0.3) is 0 Å². The van der Waals surface area contributed by atoms with Gasteiger partial charge in [0.05, 0.1) is 22.3 Å². The Balaban J connectivity index is 1.55. The van der Waals surface area contributed by atoms with Gasteiger partial charge in [0, 0.05) is 32.0 Å². The summed E-state index contributed by atoms with van der Waals surface area (Å²) in [5, 5.41) is 5.32. The van der Waals surface area contributed by atoms with E-state index in [1.165, 1.54) is 12.1 Å². The van der Waals surface area contributed by atoms with Crippen LogP contribution in [0.5, 0.6) is 5.75 Å². The third-order valence-corrected chi connectivity index (χ3v) is 12.5. The molecule has 3 aromatic carbocycles. The Morgan fingerprint density at radius 3 is 2.21 bits per heavy atom. The predicted octanol–water partition coefficient (Wildman–Crippen LogP) is 3.28. The number of hydrogen-bond donors (Lipinski definition) is 2. The number of pyridine rings is 1. The van der Waals surface area contributed by atoms with E-state index in [0.29, 0.717) is 35.8 Å². The maximum atomic E-state index is 14.9. The molecule has 4 aromatic rings. The molecule has 14 heteroatoms. The van der Waals surface area contributed by atoms with Gasteiger partial charge in [-0.25, -0.2) is 16.8 Å². The van der Waals surface area contributed by atoms with Crippen LogP contribution in [-0.4, -0.2) is 69.7 Å². The van der Waals surface area contributed by atoms with Crippen molar-refractivity contribution in [2.45, 2.75) is 26.7 Å². The molecule has 0 radical (unpaired) electrons. The number of nitrogens with one attached hydrogen (secondary N) is 2. The first kappa shape index (κ1) is 31.2. The Morgan fingerprint density at radius 2 is 1.55 bits per heavy atom. The van der Waals surface area contributed by atoms with Crippen molar-refractivity contribution in [1.82, 2.24) is 20.5 Å². The molecule has 242 valence electrons. The summed E-state index contributed by atoms with van der Waals surface area (Å²) in [7, 11) is -4.28. The van der Waals surface area contributed by atoms with Gasteiger partial charge >= 0.3 is 0 Å². The SMILES string of the molecule is O=S(OC1(C2=NCCN2)C(c2cccnc2)C(S(=O)(=O)c2ccccc2)=C2NCCN2C1S(=O)Oc1ccccc1)c1ccccc1. The lowest BCUT2D eigenvalue weighted by molar-refractivity contribution is 0.0665. The van der Waals surface area contributed by atoms with Crippen LogP contribution >= 0.6 is 0 Å². The Hall–Kier alpha value is -4.37. The average molecular weight is 690 g/mol. The van der Waals surface area contributed by atoms with E-state index in [9.17, 15) is 16.8 Å². The lowest BCUT2D eigenvalue weighted by atomic mass is 9.78. The molecule has 1 fully saturated rings. The topological polar surface area (TPSA) is 139 Å². The van der Waals surface area contributed by atoms with Gasteiger partial charge in [-0.2, -0.15) is 0 Å². The minimum absolute atomic E-state index is 0.0383. The van der Waals surface area contributed by atoms with Crippen molar-refractivity contribution in [3.05, 3.63) is 132 Å². The minimum Gasteiger partial charge on any atom is -0.399 e. The van der Waals surface area contributed by atoms with Gasteiger partial charge < -0.3 is 19.7 Å². The van der Waals surface area contributed by atoms with E-state index in [4.69, 9.17) is 13.4 Å². The van der Waals surface area contributed by atoms with Gasteiger partial charge in [0.2, 0.25) is 20.9 Å². The van der Waals surface area contributed by atoms with Crippen LogP contribution < -0.4 is 14.8 Å². The summed E-state index contributed by atoms with van der Waals surface area (Å²) < 4.78 is 71.8. The number of aliphatic imine (C=N–C) groups is 1. The summed E-state index contributed by atoms with van der Waals surface area (Å²) >= 11 is -4.41. The number of benzene rings is 3. The highest BCUT2D eigenvalue weighted by Crippen LogP contribution is 2.53. The molecule has 11 nitrogen and oxygen atoms in total. The summed E-state index contributed by atoms with van der Waals surface area (Å²) in [5.41, 5.74) is -1.52. The van der Waals surface area contributed by atoms with Gasteiger partial charge in [-0.1, -0.05) is 60.7 Å². The van der Waals surface area contributed by atoms with Crippen molar-refractivity contribution in [2.75, 3.05) is 26.2 Å². The maximum absolute atomic E-state index is 14.9. The van der Waals surface area contributed by atoms with Crippen molar-refractivity contribution in [3.63, 3.8) is 0 Å². The van der Waals surface area contributed by atoms with Crippen molar-refractivity contribution in [2.24, 2.45) is 4.99 Å². The molecular formula is C33H31N5O6S3. The summed E-state index contributed by atoms with van der Waals surface area (Å²) in [4.78, 5) is 11.2. The molecule has 2 N–H and O–H groups in total. The Kier molecular flexibility index (Phi) is 8.66. The minimum atomic E-state index is -4.28. The van der Waals surface area contributed by atoms with E-state index < -0.39 is 48.9 Å². The molecule has 3 aliphatic heterocycles. The zero-order valence-corrected chi connectivity index (χ0v) is 27.4. The molecule has 0 saturated carbocycles. The Bertz CT molecular complexity index is 1970. The number of amidine groups is 1. The highest BCUT2D eigenvalue weighted by molar-refractivity contribution is 7.95. The van der Waals surface area contributed by atoms with Crippen LogP contribution in [0.1, 0.15) is 11.5 Å². The van der Waals surface area contributed by atoms with E-state index in [0.717, 1.165) is 0 Å². The zero-order valence-electron chi connectivity index (χ0n) is 25.0. The van der Waals surface area contributed by atoms with Gasteiger partial charge in [-0.15, -0.1) is 0 Å². The third-order valence-electron chi connectivity index (χ3n) is 8.16. The van der Waals surface area contributed by atoms with Crippen molar-refractivity contribution < 1.29 is 25.2 Å². The molecule has 1 aromatic heterocycles. The first-order valence-electron chi connectivity index (χ1n) is 14.9. The van der Waals surface area contributed by atoms with E-state index in [2.05, 4.69) is 15.6 Å². The molecule has 3 aliphatic rings. The molecule has 7 rings (SSSR count). The molecule has 5 atom stereocenters. The number of rotatable bonds is 10. The first-order valence-corrected chi connectivity index (χ1v) is 18.6. The van der Waals surface area contributed by atoms with Gasteiger partial charge in [-0.05, 0) is 48.0 Å². The average Bonchev–Trinajstić information content (AvgIpc) is 3.83. The van der Waals surface area contributed by atoms with Crippen molar-refractivity contribution in [1.29, 1.82) is 0 Å². The maximum Gasteiger partial charge on any atom is 0.233 e. The van der Waals surface area contributed by atoms with Crippen LogP contribution in [0.4, 0.5) is 0 Å². The van der Waals surface area contributed by atoms with Crippen LogP contribution in [0.2, 0.25) is 0 Å². The highest BCUT2D eigenvalue weighted by Gasteiger charge is 2.66.